The molecule has 0 heterocycles. The van der Waals surface area contributed by atoms with Crippen LogP contribution in [-0.2, 0) is 0 Å². The Balaban J connectivity index is 2.40. The quantitative estimate of drug-likeness (QED) is 0.907. The Bertz CT molecular complexity index is 643. The van der Waals surface area contributed by atoms with E-state index in [0.717, 1.165) is 22.8 Å². The summed E-state index contributed by atoms with van der Waals surface area (Å²) < 4.78 is 27.1. The van der Waals surface area contributed by atoms with Crippen molar-refractivity contribution in [2.24, 2.45) is 5.73 Å². The van der Waals surface area contributed by atoms with Gasteiger partial charge in [0.2, 0.25) is 0 Å². The van der Waals surface area contributed by atoms with Gasteiger partial charge in [0.15, 0.2) is 11.6 Å². The highest BCUT2D eigenvalue weighted by molar-refractivity contribution is 5.34. The van der Waals surface area contributed by atoms with Crippen LogP contribution in [0.2, 0.25) is 0 Å². The maximum absolute atomic E-state index is 13.8. The lowest BCUT2D eigenvalue weighted by Crippen LogP contribution is -2.21. The van der Waals surface area contributed by atoms with E-state index in [-0.39, 0.29) is 12.1 Å². The SMILES string of the molecule is Cc1ccc(C(CN)C(O)c2cccc(F)c2F)cc1C. The second-order valence-electron chi connectivity index (χ2n) is 5.27. The van der Waals surface area contributed by atoms with Crippen LogP contribution in [0.3, 0.4) is 0 Å². The van der Waals surface area contributed by atoms with Crippen molar-refractivity contribution in [3.63, 3.8) is 0 Å². The Morgan fingerprint density at radius 3 is 2.43 bits per heavy atom. The van der Waals surface area contributed by atoms with Gasteiger partial charge in [-0.05, 0) is 36.6 Å². The van der Waals surface area contributed by atoms with E-state index in [9.17, 15) is 13.9 Å². The van der Waals surface area contributed by atoms with Crippen molar-refractivity contribution in [2.75, 3.05) is 6.54 Å². The highest BCUT2D eigenvalue weighted by atomic mass is 19.2. The smallest absolute Gasteiger partial charge is 0.164 e. The van der Waals surface area contributed by atoms with Crippen molar-refractivity contribution in [2.45, 2.75) is 25.9 Å². The van der Waals surface area contributed by atoms with E-state index in [4.69, 9.17) is 5.73 Å². The normalized spacial score (nSPS) is 14.0. The summed E-state index contributed by atoms with van der Waals surface area (Å²) in [7, 11) is 0. The molecule has 0 aliphatic rings. The molecule has 0 fully saturated rings. The lowest BCUT2D eigenvalue weighted by Gasteiger charge is -2.23. The summed E-state index contributed by atoms with van der Waals surface area (Å²) in [6, 6.07) is 9.51. The minimum absolute atomic E-state index is 0.0660. The van der Waals surface area contributed by atoms with Crippen LogP contribution in [0.5, 0.6) is 0 Å². The van der Waals surface area contributed by atoms with Gasteiger partial charge in [0.05, 0.1) is 6.10 Å². The number of rotatable bonds is 4. The number of hydrogen-bond acceptors (Lipinski definition) is 2. The summed E-state index contributed by atoms with van der Waals surface area (Å²) in [5.74, 6) is -2.48. The van der Waals surface area contributed by atoms with Gasteiger partial charge in [0.25, 0.3) is 0 Å². The van der Waals surface area contributed by atoms with Gasteiger partial charge in [0, 0.05) is 18.0 Å². The summed E-state index contributed by atoms with van der Waals surface area (Å²) in [6.45, 7) is 4.08. The van der Waals surface area contributed by atoms with Gasteiger partial charge >= 0.3 is 0 Å². The van der Waals surface area contributed by atoms with Crippen molar-refractivity contribution in [1.29, 1.82) is 0 Å². The van der Waals surface area contributed by atoms with Crippen LogP contribution in [0.4, 0.5) is 8.78 Å². The number of aliphatic hydroxyl groups is 1. The van der Waals surface area contributed by atoms with Gasteiger partial charge in [-0.25, -0.2) is 8.78 Å². The first-order valence-corrected chi connectivity index (χ1v) is 6.85. The van der Waals surface area contributed by atoms with Gasteiger partial charge in [-0.1, -0.05) is 30.3 Å². The number of aryl methyl sites for hydroxylation is 2. The molecule has 0 bridgehead atoms. The minimum atomic E-state index is -1.19. The zero-order valence-corrected chi connectivity index (χ0v) is 12.1. The molecule has 112 valence electrons. The van der Waals surface area contributed by atoms with E-state index in [1.165, 1.54) is 12.1 Å². The van der Waals surface area contributed by atoms with Crippen LogP contribution in [-0.4, -0.2) is 11.7 Å². The van der Waals surface area contributed by atoms with Crippen LogP contribution in [0.25, 0.3) is 0 Å². The fraction of sp³-hybridized carbons (Fsp3) is 0.294. The van der Waals surface area contributed by atoms with Gasteiger partial charge < -0.3 is 10.8 Å². The van der Waals surface area contributed by atoms with Crippen LogP contribution >= 0.6 is 0 Å². The van der Waals surface area contributed by atoms with Gasteiger partial charge in [0.1, 0.15) is 0 Å². The lowest BCUT2D eigenvalue weighted by atomic mass is 9.87. The predicted molar refractivity (Wildman–Crippen MR) is 79.0 cm³/mol. The van der Waals surface area contributed by atoms with E-state index in [2.05, 4.69) is 0 Å². The third-order valence-corrected chi connectivity index (χ3v) is 3.89. The summed E-state index contributed by atoms with van der Waals surface area (Å²) in [5.41, 5.74) is 8.69. The minimum Gasteiger partial charge on any atom is -0.388 e. The maximum Gasteiger partial charge on any atom is 0.164 e. The molecule has 2 atom stereocenters. The monoisotopic (exact) mass is 291 g/mol. The fourth-order valence-corrected chi connectivity index (χ4v) is 2.41. The molecular formula is C17H19F2NO. The van der Waals surface area contributed by atoms with E-state index in [0.29, 0.717) is 0 Å². The molecule has 0 saturated carbocycles. The molecule has 2 unspecified atom stereocenters. The first-order valence-electron chi connectivity index (χ1n) is 6.85. The highest BCUT2D eigenvalue weighted by Gasteiger charge is 2.25. The van der Waals surface area contributed by atoms with Gasteiger partial charge in [-0.2, -0.15) is 0 Å². The highest BCUT2D eigenvalue weighted by Crippen LogP contribution is 2.32. The van der Waals surface area contributed by atoms with Gasteiger partial charge in [-0.15, -0.1) is 0 Å². The second kappa shape index (κ2) is 6.33. The lowest BCUT2D eigenvalue weighted by molar-refractivity contribution is 0.142. The Kier molecular flexibility index (Phi) is 4.70. The number of halogens is 2. The molecule has 0 aliphatic carbocycles. The molecule has 0 radical (unpaired) electrons. The predicted octanol–water partition coefficient (Wildman–Crippen LogP) is 3.36. The Labute approximate surface area is 123 Å². The summed E-state index contributed by atoms with van der Waals surface area (Å²) in [4.78, 5) is 0. The van der Waals surface area contributed by atoms with Crippen molar-refractivity contribution in [3.05, 3.63) is 70.3 Å². The van der Waals surface area contributed by atoms with Crippen LogP contribution < -0.4 is 5.73 Å². The molecule has 0 amide bonds. The van der Waals surface area contributed by atoms with E-state index >= 15 is 0 Å². The molecule has 2 nitrogen and oxygen atoms in total. The third kappa shape index (κ3) is 3.12. The first-order chi connectivity index (χ1) is 9.95. The van der Waals surface area contributed by atoms with Crippen LogP contribution in [0.1, 0.15) is 34.3 Å². The van der Waals surface area contributed by atoms with E-state index in [1.54, 1.807) is 0 Å². The van der Waals surface area contributed by atoms with Crippen LogP contribution in [0.15, 0.2) is 36.4 Å². The molecule has 2 aromatic carbocycles. The molecule has 0 saturated heterocycles. The number of benzene rings is 2. The third-order valence-electron chi connectivity index (χ3n) is 3.89. The summed E-state index contributed by atoms with van der Waals surface area (Å²) >= 11 is 0. The van der Waals surface area contributed by atoms with Crippen molar-refractivity contribution >= 4 is 0 Å². The average Bonchev–Trinajstić information content (AvgIpc) is 2.46. The Morgan fingerprint density at radius 2 is 1.81 bits per heavy atom. The largest absolute Gasteiger partial charge is 0.388 e. The van der Waals surface area contributed by atoms with Gasteiger partial charge in [-0.3, -0.25) is 0 Å². The summed E-state index contributed by atoms with van der Waals surface area (Å²) in [5, 5.41) is 10.4. The standard InChI is InChI=1S/C17H19F2NO/c1-10-6-7-12(8-11(10)2)14(9-20)17(21)13-4-3-5-15(18)16(13)19/h3-8,14,17,21H,9,20H2,1-2H3. The molecule has 2 aromatic rings. The molecule has 3 N–H and O–H groups in total. The average molecular weight is 291 g/mol. The fourth-order valence-electron chi connectivity index (χ4n) is 2.41. The molecule has 21 heavy (non-hydrogen) atoms. The summed E-state index contributed by atoms with van der Waals surface area (Å²) in [6.07, 6.45) is -1.19. The molecule has 0 aliphatic heterocycles. The Hall–Kier alpha value is -1.78. The zero-order chi connectivity index (χ0) is 15.6. The van der Waals surface area contributed by atoms with E-state index in [1.807, 2.05) is 32.0 Å². The molecule has 0 spiro atoms. The second-order valence-corrected chi connectivity index (χ2v) is 5.27. The Morgan fingerprint density at radius 1 is 1.10 bits per heavy atom. The molecule has 2 rings (SSSR count). The topological polar surface area (TPSA) is 46.2 Å². The molecule has 4 heteroatoms. The van der Waals surface area contributed by atoms with Crippen molar-refractivity contribution in [3.8, 4) is 0 Å². The zero-order valence-electron chi connectivity index (χ0n) is 12.1. The van der Waals surface area contributed by atoms with Crippen LogP contribution in [0, 0.1) is 25.5 Å². The molecule has 0 aromatic heterocycles. The molecular weight excluding hydrogens is 272 g/mol. The van der Waals surface area contributed by atoms with Crippen molar-refractivity contribution in [1.82, 2.24) is 0 Å². The van der Waals surface area contributed by atoms with Crippen molar-refractivity contribution < 1.29 is 13.9 Å². The maximum atomic E-state index is 13.8. The number of nitrogens with two attached hydrogens (primary N) is 1. The first kappa shape index (κ1) is 15.6. The number of aliphatic hydroxyl groups excluding tert-OH is 1. The van der Waals surface area contributed by atoms with E-state index < -0.39 is 23.7 Å². The number of hydrogen-bond donors (Lipinski definition) is 2.